The molecule has 0 aliphatic rings. The van der Waals surface area contributed by atoms with Gasteiger partial charge in [0, 0.05) is 18.6 Å². The summed E-state index contributed by atoms with van der Waals surface area (Å²) in [4.78, 5) is 4.28. The number of halogens is 1. The zero-order valence-corrected chi connectivity index (χ0v) is 10.9. The van der Waals surface area contributed by atoms with Crippen molar-refractivity contribution in [3.63, 3.8) is 0 Å². The highest BCUT2D eigenvalue weighted by Gasteiger charge is 2.07. The van der Waals surface area contributed by atoms with E-state index in [-0.39, 0.29) is 0 Å². The summed E-state index contributed by atoms with van der Waals surface area (Å²) in [6, 6.07) is 0. The van der Waals surface area contributed by atoms with Crippen LogP contribution in [0.15, 0.2) is 16.2 Å². The third-order valence-electron chi connectivity index (χ3n) is 1.96. The van der Waals surface area contributed by atoms with Crippen LogP contribution in [0.5, 0.6) is 0 Å². The maximum absolute atomic E-state index is 4.35. The number of hydrogen-bond donors (Lipinski definition) is 1. The molecular weight excluding hydrogens is 276 g/mol. The first-order valence-corrected chi connectivity index (χ1v) is 6.27. The van der Waals surface area contributed by atoms with Crippen molar-refractivity contribution in [2.24, 2.45) is 7.05 Å². The van der Waals surface area contributed by atoms with Gasteiger partial charge in [-0.25, -0.2) is 4.98 Å². The molecule has 2 aromatic heterocycles. The number of nitrogens with one attached hydrogen (secondary N) is 1. The summed E-state index contributed by atoms with van der Waals surface area (Å²) in [6.07, 6.45) is 2.88. The van der Waals surface area contributed by atoms with Gasteiger partial charge in [0.05, 0.1) is 11.4 Å². The molecule has 15 heavy (non-hydrogen) atoms. The van der Waals surface area contributed by atoms with Crippen molar-refractivity contribution in [2.45, 2.75) is 13.3 Å². The first kappa shape index (κ1) is 10.6. The Hall–Kier alpha value is -0.880. The van der Waals surface area contributed by atoms with Gasteiger partial charge >= 0.3 is 0 Å². The summed E-state index contributed by atoms with van der Waals surface area (Å²) in [5.74, 6) is 0. The molecule has 6 heteroatoms. The van der Waals surface area contributed by atoms with Crippen molar-refractivity contribution in [3.8, 4) is 0 Å². The molecule has 0 aliphatic heterocycles. The van der Waals surface area contributed by atoms with E-state index in [1.54, 1.807) is 11.3 Å². The van der Waals surface area contributed by atoms with Crippen molar-refractivity contribution in [2.75, 3.05) is 5.32 Å². The van der Waals surface area contributed by atoms with Crippen LogP contribution in [-0.4, -0.2) is 14.8 Å². The van der Waals surface area contributed by atoms with Gasteiger partial charge in [-0.3, -0.25) is 4.68 Å². The van der Waals surface area contributed by atoms with E-state index in [9.17, 15) is 0 Å². The van der Waals surface area contributed by atoms with Crippen molar-refractivity contribution in [1.82, 2.24) is 14.8 Å². The molecule has 0 atom stereocenters. The van der Waals surface area contributed by atoms with Gasteiger partial charge < -0.3 is 5.32 Å². The molecule has 0 amide bonds. The van der Waals surface area contributed by atoms with E-state index in [4.69, 9.17) is 0 Å². The number of thiazole rings is 1. The molecule has 4 nitrogen and oxygen atoms in total. The van der Waals surface area contributed by atoms with Gasteiger partial charge in [0.2, 0.25) is 0 Å². The molecule has 0 unspecified atom stereocenters. The van der Waals surface area contributed by atoms with Crippen molar-refractivity contribution < 1.29 is 0 Å². The summed E-state index contributed by atoms with van der Waals surface area (Å²) < 4.78 is 2.67. The highest BCUT2D eigenvalue weighted by Crippen LogP contribution is 2.25. The first-order valence-electron chi connectivity index (χ1n) is 4.59. The first-order chi connectivity index (χ1) is 7.19. The Morgan fingerprint density at radius 3 is 3.00 bits per heavy atom. The SMILES string of the molecule is CCc1nn(C)cc1Nc1nc(Br)cs1. The molecular formula is C9H11BrN4S. The maximum Gasteiger partial charge on any atom is 0.188 e. The van der Waals surface area contributed by atoms with Crippen molar-refractivity contribution in [3.05, 3.63) is 21.9 Å². The second-order valence-corrected chi connectivity index (χ2v) is 4.79. The van der Waals surface area contributed by atoms with Crippen LogP contribution in [0, 0.1) is 0 Å². The minimum Gasteiger partial charge on any atom is -0.329 e. The molecule has 0 radical (unpaired) electrons. The van der Waals surface area contributed by atoms with Crippen LogP contribution < -0.4 is 5.32 Å². The molecule has 0 saturated carbocycles. The van der Waals surface area contributed by atoms with Crippen LogP contribution in [0.4, 0.5) is 10.8 Å². The lowest BCUT2D eigenvalue weighted by Gasteiger charge is -1.99. The average molecular weight is 287 g/mol. The molecule has 80 valence electrons. The Morgan fingerprint density at radius 2 is 2.40 bits per heavy atom. The van der Waals surface area contributed by atoms with Gasteiger partial charge in [-0.05, 0) is 22.4 Å². The van der Waals surface area contributed by atoms with Crippen LogP contribution in [0.3, 0.4) is 0 Å². The lowest BCUT2D eigenvalue weighted by atomic mass is 10.3. The van der Waals surface area contributed by atoms with E-state index in [0.717, 1.165) is 27.5 Å². The summed E-state index contributed by atoms with van der Waals surface area (Å²) >= 11 is 4.89. The topological polar surface area (TPSA) is 42.7 Å². The number of aromatic nitrogens is 3. The highest BCUT2D eigenvalue weighted by atomic mass is 79.9. The second-order valence-electron chi connectivity index (χ2n) is 3.12. The van der Waals surface area contributed by atoms with Crippen LogP contribution in [0.1, 0.15) is 12.6 Å². The zero-order chi connectivity index (χ0) is 10.8. The molecule has 0 aliphatic carbocycles. The quantitative estimate of drug-likeness (QED) is 0.943. The number of aryl methyl sites for hydroxylation is 2. The van der Waals surface area contributed by atoms with Gasteiger partial charge in [0.1, 0.15) is 4.60 Å². The van der Waals surface area contributed by atoms with Crippen molar-refractivity contribution >= 4 is 38.1 Å². The minimum atomic E-state index is 0.858. The summed E-state index contributed by atoms with van der Waals surface area (Å²) in [6.45, 7) is 2.09. The van der Waals surface area contributed by atoms with Gasteiger partial charge in [0.15, 0.2) is 5.13 Å². The Labute approximate surface area is 100 Å². The fourth-order valence-electron chi connectivity index (χ4n) is 1.33. The van der Waals surface area contributed by atoms with E-state index in [2.05, 4.69) is 38.3 Å². The smallest absolute Gasteiger partial charge is 0.188 e. The maximum atomic E-state index is 4.35. The Kier molecular flexibility index (Phi) is 3.06. The number of anilines is 2. The van der Waals surface area contributed by atoms with E-state index in [1.165, 1.54) is 0 Å². The fraction of sp³-hybridized carbons (Fsp3) is 0.333. The number of rotatable bonds is 3. The van der Waals surface area contributed by atoms with E-state index in [1.807, 2.05) is 23.3 Å². The van der Waals surface area contributed by atoms with Crippen LogP contribution in [0.2, 0.25) is 0 Å². The molecule has 0 fully saturated rings. The summed E-state index contributed by atoms with van der Waals surface area (Å²) in [5, 5.41) is 10.4. The predicted octanol–water partition coefficient (Wildman–Crippen LogP) is 2.95. The largest absolute Gasteiger partial charge is 0.329 e. The van der Waals surface area contributed by atoms with E-state index >= 15 is 0 Å². The lowest BCUT2D eigenvalue weighted by molar-refractivity contribution is 0.746. The van der Waals surface area contributed by atoms with Gasteiger partial charge in [-0.1, -0.05) is 6.92 Å². The average Bonchev–Trinajstić information content (AvgIpc) is 2.73. The molecule has 2 rings (SSSR count). The summed E-state index contributed by atoms with van der Waals surface area (Å²) in [7, 11) is 1.92. The fourth-order valence-corrected chi connectivity index (χ4v) is 2.48. The highest BCUT2D eigenvalue weighted by molar-refractivity contribution is 9.10. The molecule has 2 aromatic rings. The summed E-state index contributed by atoms with van der Waals surface area (Å²) in [5.41, 5.74) is 2.09. The standard InChI is InChI=1S/C9H11BrN4S/c1-3-6-7(4-14(2)13-6)11-9-12-8(10)5-15-9/h4-5H,3H2,1-2H3,(H,11,12). The molecule has 0 spiro atoms. The van der Waals surface area contributed by atoms with Gasteiger partial charge in [-0.2, -0.15) is 5.10 Å². The van der Waals surface area contributed by atoms with Gasteiger partial charge in [-0.15, -0.1) is 11.3 Å². The molecule has 2 heterocycles. The number of nitrogens with zero attached hydrogens (tertiary/aromatic N) is 3. The molecule has 0 aromatic carbocycles. The molecule has 1 N–H and O–H groups in total. The normalized spacial score (nSPS) is 10.6. The van der Waals surface area contributed by atoms with E-state index in [0.29, 0.717) is 0 Å². The molecule has 0 bridgehead atoms. The monoisotopic (exact) mass is 286 g/mol. The molecule has 0 saturated heterocycles. The zero-order valence-electron chi connectivity index (χ0n) is 8.49. The van der Waals surface area contributed by atoms with Crippen LogP contribution in [0.25, 0.3) is 0 Å². The minimum absolute atomic E-state index is 0.858. The third-order valence-corrected chi connectivity index (χ3v) is 3.42. The van der Waals surface area contributed by atoms with Crippen molar-refractivity contribution in [1.29, 1.82) is 0 Å². The number of hydrogen-bond acceptors (Lipinski definition) is 4. The van der Waals surface area contributed by atoms with Gasteiger partial charge in [0.25, 0.3) is 0 Å². The van der Waals surface area contributed by atoms with Crippen LogP contribution >= 0.6 is 27.3 Å². The lowest BCUT2D eigenvalue weighted by Crippen LogP contribution is -1.92. The third kappa shape index (κ3) is 2.38. The van der Waals surface area contributed by atoms with E-state index < -0.39 is 0 Å². The Morgan fingerprint density at radius 1 is 1.60 bits per heavy atom. The van der Waals surface area contributed by atoms with Crippen LogP contribution in [-0.2, 0) is 13.5 Å². The Balaban J connectivity index is 2.23. The Bertz CT molecular complexity index is 462. The predicted molar refractivity (Wildman–Crippen MR) is 65.7 cm³/mol. The second kappa shape index (κ2) is 4.32.